The number of urea groups is 1. The van der Waals surface area contributed by atoms with Crippen molar-refractivity contribution in [3.63, 3.8) is 0 Å². The van der Waals surface area contributed by atoms with E-state index in [1.165, 1.54) is 35.6 Å². The molecule has 3 rings (SSSR count). The van der Waals surface area contributed by atoms with Gasteiger partial charge >= 0.3 is 12.0 Å². The van der Waals surface area contributed by atoms with Crippen molar-refractivity contribution in [3.05, 3.63) is 53.7 Å². The van der Waals surface area contributed by atoms with Crippen LogP contribution in [0.5, 0.6) is 0 Å². The van der Waals surface area contributed by atoms with Crippen molar-refractivity contribution in [3.8, 4) is 10.6 Å². The fourth-order valence-corrected chi connectivity index (χ4v) is 3.46. The van der Waals surface area contributed by atoms with Gasteiger partial charge in [0.2, 0.25) is 0 Å². The van der Waals surface area contributed by atoms with Gasteiger partial charge in [-0.05, 0) is 11.6 Å². The Morgan fingerprint density at radius 3 is 2.83 bits per heavy atom. The van der Waals surface area contributed by atoms with Gasteiger partial charge in [0.05, 0.1) is 12.5 Å². The Labute approximate surface area is 170 Å². The number of amides is 3. The van der Waals surface area contributed by atoms with E-state index in [-0.39, 0.29) is 6.42 Å². The number of aliphatic carboxylic acids is 1. The molecule has 29 heavy (non-hydrogen) atoms. The molecular weight excluding hydrogens is 396 g/mol. The highest BCUT2D eigenvalue weighted by Gasteiger charge is 2.32. The molecule has 2 heterocycles. The maximum absolute atomic E-state index is 12.4. The molecule has 1 aliphatic heterocycles. The molecule has 9 nitrogen and oxygen atoms in total. The molecule has 2 atom stereocenters. The summed E-state index contributed by atoms with van der Waals surface area (Å²) in [5.74, 6) is -2.24. The Balaban J connectivity index is 1.77. The maximum atomic E-state index is 12.4. The van der Waals surface area contributed by atoms with Crippen molar-refractivity contribution in [1.29, 1.82) is 0 Å². The van der Waals surface area contributed by atoms with E-state index >= 15 is 0 Å². The molecule has 0 bridgehead atoms. The number of hydrogen-bond acceptors (Lipinski definition) is 6. The Hall–Kier alpha value is -3.53. The number of thiazole rings is 1. The number of nitrogens with one attached hydrogen (secondary N) is 2. The Kier molecular flexibility index (Phi) is 6.03. The van der Waals surface area contributed by atoms with Gasteiger partial charge in [-0.3, -0.25) is 14.4 Å². The third kappa shape index (κ3) is 4.85. The molecule has 0 saturated heterocycles. The van der Waals surface area contributed by atoms with Crippen LogP contribution in [0.4, 0.5) is 4.79 Å². The molecule has 1 aromatic heterocycles. The van der Waals surface area contributed by atoms with Crippen LogP contribution in [0.15, 0.2) is 48.1 Å². The predicted molar refractivity (Wildman–Crippen MR) is 105 cm³/mol. The molecule has 1 aromatic carbocycles. The van der Waals surface area contributed by atoms with Crippen LogP contribution in [0.25, 0.3) is 10.6 Å². The summed E-state index contributed by atoms with van der Waals surface area (Å²) in [5, 5.41) is 16.7. The average Bonchev–Trinajstić information content (AvgIpc) is 3.22. The molecule has 10 heteroatoms. The minimum Gasteiger partial charge on any atom is -0.481 e. The SMILES string of the molecule is CN1C=CC(=O)C(NC(=O)N[C@@H](CC(=O)O)c2cccc(-c3nccs3)c2)C1=O. The van der Waals surface area contributed by atoms with Crippen molar-refractivity contribution < 1.29 is 24.3 Å². The summed E-state index contributed by atoms with van der Waals surface area (Å²) >= 11 is 1.44. The van der Waals surface area contributed by atoms with Crippen LogP contribution in [0.3, 0.4) is 0 Å². The van der Waals surface area contributed by atoms with Gasteiger partial charge in [-0.15, -0.1) is 11.3 Å². The van der Waals surface area contributed by atoms with Crippen molar-refractivity contribution in [1.82, 2.24) is 20.5 Å². The number of nitrogens with zero attached hydrogens (tertiary/aromatic N) is 2. The van der Waals surface area contributed by atoms with E-state index < -0.39 is 35.8 Å². The molecule has 3 amide bonds. The van der Waals surface area contributed by atoms with Gasteiger partial charge in [-0.2, -0.15) is 0 Å². The van der Waals surface area contributed by atoms with Gasteiger partial charge in [0.25, 0.3) is 5.91 Å². The Morgan fingerprint density at radius 2 is 2.14 bits per heavy atom. The minimum atomic E-state index is -1.35. The first-order valence-electron chi connectivity index (χ1n) is 8.62. The smallest absolute Gasteiger partial charge is 0.316 e. The lowest BCUT2D eigenvalue weighted by Crippen LogP contribution is -2.55. The first-order valence-corrected chi connectivity index (χ1v) is 9.50. The number of benzene rings is 1. The molecule has 0 aliphatic carbocycles. The molecule has 0 saturated carbocycles. The fourth-order valence-electron chi connectivity index (χ4n) is 2.83. The monoisotopic (exact) mass is 414 g/mol. The number of hydrogen-bond donors (Lipinski definition) is 3. The molecule has 3 N–H and O–H groups in total. The number of likely N-dealkylation sites (N-methyl/N-ethyl adjacent to an activating group) is 1. The number of carbonyl (C=O) groups excluding carboxylic acids is 3. The zero-order valence-electron chi connectivity index (χ0n) is 15.4. The molecular formula is C19H18N4O5S. The summed E-state index contributed by atoms with van der Waals surface area (Å²) in [6, 6.07) is 3.99. The highest BCUT2D eigenvalue weighted by molar-refractivity contribution is 7.13. The summed E-state index contributed by atoms with van der Waals surface area (Å²) in [5.41, 5.74) is 1.35. The number of aromatic nitrogens is 1. The van der Waals surface area contributed by atoms with Crippen molar-refractivity contribution in [2.24, 2.45) is 0 Å². The number of carbonyl (C=O) groups is 4. The second-order valence-electron chi connectivity index (χ2n) is 6.33. The van der Waals surface area contributed by atoms with Gasteiger partial charge in [0.1, 0.15) is 5.01 Å². The van der Waals surface area contributed by atoms with Gasteiger partial charge in [0.15, 0.2) is 11.8 Å². The first kappa shape index (κ1) is 20.2. The van der Waals surface area contributed by atoms with Crippen LogP contribution in [-0.2, 0) is 14.4 Å². The maximum Gasteiger partial charge on any atom is 0.316 e. The molecule has 1 aliphatic rings. The highest BCUT2D eigenvalue weighted by atomic mass is 32.1. The number of carboxylic acid groups (broad SMARTS) is 1. The second kappa shape index (κ2) is 8.65. The van der Waals surface area contributed by atoms with Gasteiger partial charge in [0, 0.05) is 36.5 Å². The molecule has 150 valence electrons. The number of carboxylic acids is 1. The molecule has 0 spiro atoms. The van der Waals surface area contributed by atoms with Crippen LogP contribution < -0.4 is 10.6 Å². The summed E-state index contributed by atoms with van der Waals surface area (Å²) in [7, 11) is 1.47. The van der Waals surface area contributed by atoms with Gasteiger partial charge in [-0.1, -0.05) is 18.2 Å². The Bertz CT molecular complexity index is 973. The zero-order chi connectivity index (χ0) is 21.0. The van der Waals surface area contributed by atoms with E-state index in [1.807, 2.05) is 11.4 Å². The largest absolute Gasteiger partial charge is 0.481 e. The summed E-state index contributed by atoms with van der Waals surface area (Å²) in [6.07, 6.45) is 3.80. The lowest BCUT2D eigenvalue weighted by molar-refractivity contribution is -0.138. The van der Waals surface area contributed by atoms with Crippen LogP contribution in [0, 0.1) is 0 Å². The van der Waals surface area contributed by atoms with Crippen LogP contribution in [-0.4, -0.2) is 51.8 Å². The summed E-state index contributed by atoms with van der Waals surface area (Å²) < 4.78 is 0. The molecule has 0 radical (unpaired) electrons. The molecule has 0 fully saturated rings. The van der Waals surface area contributed by atoms with Crippen LogP contribution in [0.1, 0.15) is 18.0 Å². The van der Waals surface area contributed by atoms with Crippen molar-refractivity contribution in [2.45, 2.75) is 18.5 Å². The first-order chi connectivity index (χ1) is 13.8. The highest BCUT2D eigenvalue weighted by Crippen LogP contribution is 2.26. The Morgan fingerprint density at radius 1 is 1.34 bits per heavy atom. The number of ketones is 1. The topological polar surface area (TPSA) is 129 Å². The summed E-state index contributed by atoms with van der Waals surface area (Å²) in [6.45, 7) is 0. The van der Waals surface area contributed by atoms with Gasteiger partial charge in [-0.25, -0.2) is 9.78 Å². The van der Waals surface area contributed by atoms with Crippen LogP contribution >= 0.6 is 11.3 Å². The molecule has 1 unspecified atom stereocenters. The van der Waals surface area contributed by atoms with Gasteiger partial charge < -0.3 is 20.6 Å². The lowest BCUT2D eigenvalue weighted by Gasteiger charge is -2.25. The van der Waals surface area contributed by atoms with E-state index in [9.17, 15) is 24.3 Å². The van der Waals surface area contributed by atoms with Crippen molar-refractivity contribution >= 4 is 35.0 Å². The summed E-state index contributed by atoms with van der Waals surface area (Å²) in [4.78, 5) is 53.2. The lowest BCUT2D eigenvalue weighted by atomic mass is 10.0. The molecule has 2 aromatic rings. The van der Waals surface area contributed by atoms with E-state index in [0.717, 1.165) is 10.6 Å². The van der Waals surface area contributed by atoms with E-state index in [2.05, 4.69) is 15.6 Å². The second-order valence-corrected chi connectivity index (χ2v) is 7.23. The third-order valence-electron chi connectivity index (χ3n) is 4.27. The van der Waals surface area contributed by atoms with E-state index in [0.29, 0.717) is 5.56 Å². The zero-order valence-corrected chi connectivity index (χ0v) is 16.2. The fraction of sp³-hybridized carbons (Fsp3) is 0.211. The predicted octanol–water partition coefficient (Wildman–Crippen LogP) is 1.55. The minimum absolute atomic E-state index is 0.374. The average molecular weight is 414 g/mol. The van der Waals surface area contributed by atoms with E-state index in [1.54, 1.807) is 24.4 Å². The van der Waals surface area contributed by atoms with E-state index in [4.69, 9.17) is 0 Å². The van der Waals surface area contributed by atoms with Crippen LogP contribution in [0.2, 0.25) is 0 Å². The third-order valence-corrected chi connectivity index (χ3v) is 5.09. The van der Waals surface area contributed by atoms with Crippen molar-refractivity contribution in [2.75, 3.05) is 7.05 Å². The standard InChI is InChI=1S/C19H18N4O5S/c1-23-7-5-14(24)16(18(23)27)22-19(28)21-13(10-15(25)26)11-3-2-4-12(9-11)17-20-6-8-29-17/h2-9,13,16H,10H2,1H3,(H,25,26)(H2,21,22,28)/t13-,16?/m0/s1. The quantitative estimate of drug-likeness (QED) is 0.615. The number of rotatable bonds is 6. The normalized spacial score (nSPS) is 17.1.